The summed E-state index contributed by atoms with van der Waals surface area (Å²) in [7, 11) is 0. The molecule has 0 spiro atoms. The Balaban J connectivity index is 1.66. The molecule has 0 aliphatic carbocycles. The fraction of sp³-hybridized carbons (Fsp3) is 0.222. The Bertz CT molecular complexity index is 718. The molecule has 6 heteroatoms. The van der Waals surface area contributed by atoms with Crippen LogP contribution in [0.15, 0.2) is 48.5 Å². The van der Waals surface area contributed by atoms with Crippen molar-refractivity contribution in [2.45, 2.75) is 6.92 Å². The fourth-order valence-corrected chi connectivity index (χ4v) is 1.95. The Hall–Kier alpha value is -2.89. The van der Waals surface area contributed by atoms with Gasteiger partial charge < -0.3 is 14.8 Å². The predicted octanol–water partition coefficient (Wildman–Crippen LogP) is 2.49. The monoisotopic (exact) mass is 331 g/mol. The van der Waals surface area contributed by atoms with E-state index in [0.717, 1.165) is 17.4 Å². The van der Waals surface area contributed by atoms with Gasteiger partial charge in [0.25, 0.3) is 5.91 Å². The predicted molar refractivity (Wildman–Crippen MR) is 86.4 cm³/mol. The van der Waals surface area contributed by atoms with Crippen LogP contribution in [-0.2, 0) is 9.53 Å². The number of amides is 1. The number of nitrogens with one attached hydrogen (secondary N) is 1. The van der Waals surface area contributed by atoms with Crippen molar-refractivity contribution in [2.24, 2.45) is 0 Å². The maximum Gasteiger partial charge on any atom is 0.341 e. The first kappa shape index (κ1) is 17.5. The van der Waals surface area contributed by atoms with Gasteiger partial charge in [-0.05, 0) is 36.8 Å². The van der Waals surface area contributed by atoms with Crippen molar-refractivity contribution in [2.75, 3.05) is 19.8 Å². The van der Waals surface area contributed by atoms with Gasteiger partial charge in [0.05, 0.1) is 12.1 Å². The van der Waals surface area contributed by atoms with Crippen LogP contribution >= 0.6 is 0 Å². The minimum atomic E-state index is -0.876. The summed E-state index contributed by atoms with van der Waals surface area (Å²) in [6.45, 7) is 2.04. The number of halogens is 1. The van der Waals surface area contributed by atoms with Crippen molar-refractivity contribution in [1.82, 2.24) is 5.32 Å². The topological polar surface area (TPSA) is 64.6 Å². The first-order valence-corrected chi connectivity index (χ1v) is 7.44. The van der Waals surface area contributed by atoms with Crippen LogP contribution in [0.2, 0.25) is 0 Å². The molecule has 0 fully saturated rings. The van der Waals surface area contributed by atoms with Gasteiger partial charge >= 0.3 is 5.97 Å². The van der Waals surface area contributed by atoms with E-state index in [0.29, 0.717) is 0 Å². The van der Waals surface area contributed by atoms with Crippen molar-refractivity contribution in [3.63, 3.8) is 0 Å². The van der Waals surface area contributed by atoms with Gasteiger partial charge in [0.1, 0.15) is 18.2 Å². The number of carbonyl (C=O) groups excluding carboxylic acids is 2. The molecule has 0 saturated carbocycles. The van der Waals surface area contributed by atoms with Crippen LogP contribution in [0.25, 0.3) is 0 Å². The molecule has 1 amide bonds. The van der Waals surface area contributed by atoms with Gasteiger partial charge in [-0.1, -0.05) is 24.3 Å². The van der Waals surface area contributed by atoms with E-state index in [2.05, 4.69) is 5.32 Å². The van der Waals surface area contributed by atoms with E-state index in [1.54, 1.807) is 0 Å². The lowest BCUT2D eigenvalue weighted by Gasteiger charge is -2.09. The number of benzene rings is 2. The molecule has 2 aromatic rings. The third kappa shape index (κ3) is 5.39. The number of esters is 1. The minimum Gasteiger partial charge on any atom is -0.492 e. The van der Waals surface area contributed by atoms with Crippen LogP contribution in [0.4, 0.5) is 4.39 Å². The number of hydrogen-bond acceptors (Lipinski definition) is 4. The summed E-state index contributed by atoms with van der Waals surface area (Å²) < 4.78 is 23.6. The van der Waals surface area contributed by atoms with E-state index >= 15 is 0 Å². The first-order valence-electron chi connectivity index (χ1n) is 7.44. The van der Waals surface area contributed by atoms with Gasteiger partial charge in [0, 0.05) is 0 Å². The van der Waals surface area contributed by atoms with Crippen LogP contribution in [0.3, 0.4) is 0 Å². The SMILES string of the molecule is Cc1cccc(OCCNC(=O)COC(=O)c2ccccc2F)c1. The number of rotatable bonds is 7. The van der Waals surface area contributed by atoms with Gasteiger partial charge in [-0.2, -0.15) is 0 Å². The van der Waals surface area contributed by atoms with E-state index in [1.165, 1.54) is 18.2 Å². The van der Waals surface area contributed by atoms with Gasteiger partial charge in [0.2, 0.25) is 0 Å². The highest BCUT2D eigenvalue weighted by Gasteiger charge is 2.13. The van der Waals surface area contributed by atoms with Gasteiger partial charge in [0.15, 0.2) is 6.61 Å². The summed E-state index contributed by atoms with van der Waals surface area (Å²) in [5.41, 5.74) is 0.879. The third-order valence-corrected chi connectivity index (χ3v) is 3.11. The lowest BCUT2D eigenvalue weighted by atomic mass is 10.2. The fourth-order valence-electron chi connectivity index (χ4n) is 1.95. The summed E-state index contributed by atoms with van der Waals surface area (Å²) in [5, 5.41) is 2.55. The lowest BCUT2D eigenvalue weighted by molar-refractivity contribution is -0.124. The molecule has 0 bridgehead atoms. The van der Waals surface area contributed by atoms with E-state index in [9.17, 15) is 14.0 Å². The smallest absolute Gasteiger partial charge is 0.341 e. The minimum absolute atomic E-state index is 0.201. The molecular weight excluding hydrogens is 313 g/mol. The normalized spacial score (nSPS) is 10.1. The molecule has 0 heterocycles. The van der Waals surface area contributed by atoms with Gasteiger partial charge in [-0.15, -0.1) is 0 Å². The van der Waals surface area contributed by atoms with Gasteiger partial charge in [-0.25, -0.2) is 9.18 Å². The Kier molecular flexibility index (Phi) is 6.31. The van der Waals surface area contributed by atoms with Crippen molar-refractivity contribution in [3.8, 4) is 5.75 Å². The number of hydrogen-bond donors (Lipinski definition) is 1. The lowest BCUT2D eigenvalue weighted by Crippen LogP contribution is -2.32. The second kappa shape index (κ2) is 8.67. The molecule has 2 aromatic carbocycles. The summed E-state index contributed by atoms with van der Waals surface area (Å²) in [6, 6.07) is 13.0. The molecule has 0 saturated heterocycles. The van der Waals surface area contributed by atoms with Gasteiger partial charge in [-0.3, -0.25) is 4.79 Å². The van der Waals surface area contributed by atoms with Crippen molar-refractivity contribution >= 4 is 11.9 Å². The molecule has 0 radical (unpaired) electrons. The number of aryl methyl sites for hydroxylation is 1. The zero-order valence-electron chi connectivity index (χ0n) is 13.3. The Morgan fingerprint density at radius 2 is 1.92 bits per heavy atom. The maximum atomic E-state index is 13.4. The quantitative estimate of drug-likeness (QED) is 0.625. The molecule has 2 rings (SSSR count). The molecule has 0 aliphatic heterocycles. The van der Waals surface area contributed by atoms with Crippen LogP contribution < -0.4 is 10.1 Å². The largest absolute Gasteiger partial charge is 0.492 e. The Labute approximate surface area is 139 Å². The Morgan fingerprint density at radius 3 is 2.67 bits per heavy atom. The summed E-state index contributed by atoms with van der Waals surface area (Å²) in [6.07, 6.45) is 0. The highest BCUT2D eigenvalue weighted by Crippen LogP contribution is 2.11. The standard InChI is InChI=1S/C18H18FNO4/c1-13-5-4-6-14(11-13)23-10-9-20-17(21)12-24-18(22)15-7-2-3-8-16(15)19/h2-8,11H,9-10,12H2,1H3,(H,20,21). The van der Waals surface area contributed by atoms with Crippen LogP contribution in [-0.4, -0.2) is 31.6 Å². The van der Waals surface area contributed by atoms with Crippen LogP contribution in [0.1, 0.15) is 15.9 Å². The molecular formula is C18H18FNO4. The number of ether oxygens (including phenoxy) is 2. The van der Waals surface area contributed by atoms with E-state index < -0.39 is 24.3 Å². The molecule has 24 heavy (non-hydrogen) atoms. The molecule has 1 N–H and O–H groups in total. The van der Waals surface area contributed by atoms with Crippen LogP contribution in [0.5, 0.6) is 5.75 Å². The summed E-state index contributed by atoms with van der Waals surface area (Å²) in [4.78, 5) is 23.2. The highest BCUT2D eigenvalue weighted by atomic mass is 19.1. The molecule has 0 aromatic heterocycles. The second-order valence-corrected chi connectivity index (χ2v) is 5.07. The molecule has 0 aliphatic rings. The first-order chi connectivity index (χ1) is 11.6. The molecule has 0 unspecified atom stereocenters. The summed E-state index contributed by atoms with van der Waals surface area (Å²) >= 11 is 0. The van der Waals surface area contributed by atoms with Crippen molar-refractivity contribution in [1.29, 1.82) is 0 Å². The van der Waals surface area contributed by atoms with Crippen molar-refractivity contribution in [3.05, 3.63) is 65.5 Å². The van der Waals surface area contributed by atoms with Crippen molar-refractivity contribution < 1.29 is 23.5 Å². The number of carbonyl (C=O) groups is 2. The Morgan fingerprint density at radius 1 is 1.12 bits per heavy atom. The molecule has 5 nitrogen and oxygen atoms in total. The highest BCUT2D eigenvalue weighted by molar-refractivity contribution is 5.91. The molecule has 0 atom stereocenters. The zero-order valence-corrected chi connectivity index (χ0v) is 13.3. The third-order valence-electron chi connectivity index (χ3n) is 3.11. The maximum absolute atomic E-state index is 13.4. The zero-order chi connectivity index (χ0) is 17.4. The molecule has 126 valence electrons. The average molecular weight is 331 g/mol. The second-order valence-electron chi connectivity index (χ2n) is 5.07. The van der Waals surface area contributed by atoms with Crippen LogP contribution in [0, 0.1) is 12.7 Å². The van der Waals surface area contributed by atoms with E-state index in [-0.39, 0.29) is 18.7 Å². The average Bonchev–Trinajstić information content (AvgIpc) is 2.57. The van der Waals surface area contributed by atoms with E-state index in [4.69, 9.17) is 9.47 Å². The summed E-state index contributed by atoms with van der Waals surface area (Å²) in [5.74, 6) is -1.32. The van der Waals surface area contributed by atoms with E-state index in [1.807, 2.05) is 31.2 Å².